The monoisotopic (exact) mass is 377 g/mol. The summed E-state index contributed by atoms with van der Waals surface area (Å²) in [4.78, 5) is 16.9. The molecule has 0 saturated carbocycles. The Morgan fingerprint density at radius 1 is 1.21 bits per heavy atom. The lowest BCUT2D eigenvalue weighted by Gasteiger charge is -2.06. The van der Waals surface area contributed by atoms with E-state index >= 15 is 0 Å². The molecular weight excluding hydrogens is 362 g/mol. The van der Waals surface area contributed by atoms with E-state index in [-0.39, 0.29) is 23.8 Å². The van der Waals surface area contributed by atoms with Gasteiger partial charge in [0.2, 0.25) is 0 Å². The van der Waals surface area contributed by atoms with Crippen molar-refractivity contribution in [2.75, 3.05) is 5.73 Å². The van der Waals surface area contributed by atoms with Crippen molar-refractivity contribution < 1.29 is 14.5 Å². The largest absolute Gasteiger partial charge is 0.507 e. The first-order valence-corrected chi connectivity index (χ1v) is 8.27. The Morgan fingerprint density at radius 3 is 2.79 bits per heavy atom. The number of hydrogen-bond donors (Lipinski definition) is 3. The molecule has 0 saturated heterocycles. The molecule has 0 unspecified atom stereocenters. The number of aromatic nitrogens is 4. The van der Waals surface area contributed by atoms with Gasteiger partial charge in [-0.15, -0.1) is 0 Å². The van der Waals surface area contributed by atoms with Gasteiger partial charge in [-0.1, -0.05) is 24.3 Å². The zero-order valence-corrected chi connectivity index (χ0v) is 14.5. The third-order valence-corrected chi connectivity index (χ3v) is 4.01. The Bertz CT molecular complexity index is 1180. The molecule has 0 aliphatic carbocycles. The topological polar surface area (TPSA) is 144 Å². The number of carbonyl (C=O) groups excluding carboxylic acids is 1. The number of phenolic OH excluding ortho intramolecular Hbond substituents is 1. The molecule has 1 amide bonds. The van der Waals surface area contributed by atoms with Gasteiger partial charge in [0, 0.05) is 5.56 Å². The Balaban J connectivity index is 1.60. The van der Waals surface area contributed by atoms with E-state index in [2.05, 4.69) is 30.5 Å². The number of para-hydroxylation sites is 3. The summed E-state index contributed by atoms with van der Waals surface area (Å²) in [6, 6.07) is 14.0. The van der Waals surface area contributed by atoms with Crippen LogP contribution in [0.5, 0.6) is 5.75 Å². The first kappa shape index (κ1) is 17.2. The van der Waals surface area contributed by atoms with E-state index in [1.165, 1.54) is 12.3 Å². The second-order valence-electron chi connectivity index (χ2n) is 5.86. The maximum Gasteiger partial charge on any atom is 0.260 e. The van der Waals surface area contributed by atoms with Crippen molar-refractivity contribution >= 4 is 29.0 Å². The van der Waals surface area contributed by atoms with Crippen LogP contribution in [0.25, 0.3) is 22.6 Å². The Morgan fingerprint density at radius 2 is 2.00 bits per heavy atom. The van der Waals surface area contributed by atoms with Gasteiger partial charge in [-0.25, -0.2) is 15.0 Å². The average molecular weight is 377 g/mol. The number of imidazole rings is 1. The number of hydrazone groups is 1. The zero-order valence-electron chi connectivity index (χ0n) is 14.5. The molecule has 4 N–H and O–H groups in total. The van der Waals surface area contributed by atoms with Gasteiger partial charge in [0.15, 0.2) is 17.3 Å². The van der Waals surface area contributed by atoms with Gasteiger partial charge >= 0.3 is 0 Å². The molecule has 2 aromatic carbocycles. The Kier molecular flexibility index (Phi) is 4.42. The van der Waals surface area contributed by atoms with E-state index in [9.17, 15) is 9.90 Å². The molecular formula is C18H15N7O3. The van der Waals surface area contributed by atoms with Crippen molar-refractivity contribution in [3.05, 3.63) is 54.1 Å². The number of phenols is 1. The number of nitrogen functional groups attached to an aromatic ring is 1. The number of rotatable bonds is 5. The van der Waals surface area contributed by atoms with Gasteiger partial charge in [0.1, 0.15) is 12.3 Å². The number of hydrogen-bond acceptors (Lipinski definition) is 8. The van der Waals surface area contributed by atoms with Crippen molar-refractivity contribution in [1.29, 1.82) is 0 Å². The van der Waals surface area contributed by atoms with Crippen LogP contribution in [-0.2, 0) is 11.3 Å². The predicted octanol–water partition coefficient (Wildman–Crippen LogP) is 1.52. The molecule has 0 radical (unpaired) electrons. The molecule has 4 rings (SSSR count). The Labute approximate surface area is 158 Å². The maximum absolute atomic E-state index is 12.4. The van der Waals surface area contributed by atoms with E-state index in [0.29, 0.717) is 16.9 Å². The lowest BCUT2D eigenvalue weighted by Crippen LogP contribution is -2.23. The minimum Gasteiger partial charge on any atom is -0.507 e. The number of nitrogens with one attached hydrogen (secondary N) is 1. The molecule has 10 nitrogen and oxygen atoms in total. The number of anilines is 1. The van der Waals surface area contributed by atoms with Crippen LogP contribution in [0.2, 0.25) is 0 Å². The number of aromatic hydroxyl groups is 1. The second-order valence-corrected chi connectivity index (χ2v) is 5.86. The third-order valence-electron chi connectivity index (χ3n) is 4.01. The highest BCUT2D eigenvalue weighted by molar-refractivity contribution is 5.87. The van der Waals surface area contributed by atoms with Crippen molar-refractivity contribution in [3.8, 4) is 17.3 Å². The number of nitrogens with zero attached hydrogens (tertiary/aromatic N) is 5. The van der Waals surface area contributed by atoms with Gasteiger partial charge < -0.3 is 15.4 Å². The normalized spacial score (nSPS) is 11.3. The number of nitrogens with two attached hydrogens (primary N) is 1. The lowest BCUT2D eigenvalue weighted by molar-refractivity contribution is -0.121. The molecule has 28 heavy (non-hydrogen) atoms. The van der Waals surface area contributed by atoms with Crippen molar-refractivity contribution in [2.45, 2.75) is 6.54 Å². The summed E-state index contributed by atoms with van der Waals surface area (Å²) in [5, 5.41) is 20.9. The van der Waals surface area contributed by atoms with Gasteiger partial charge in [-0.3, -0.25) is 4.79 Å². The maximum atomic E-state index is 12.4. The van der Waals surface area contributed by atoms with E-state index < -0.39 is 5.91 Å². The lowest BCUT2D eigenvalue weighted by atomic mass is 10.2. The zero-order chi connectivity index (χ0) is 19.5. The van der Waals surface area contributed by atoms with Crippen LogP contribution >= 0.6 is 0 Å². The van der Waals surface area contributed by atoms with Gasteiger partial charge in [0.05, 0.1) is 17.2 Å². The fraction of sp³-hybridized carbons (Fsp3) is 0.0556. The highest BCUT2D eigenvalue weighted by Gasteiger charge is 2.20. The molecule has 0 aliphatic rings. The first-order valence-electron chi connectivity index (χ1n) is 8.27. The fourth-order valence-electron chi connectivity index (χ4n) is 2.72. The van der Waals surface area contributed by atoms with Crippen LogP contribution in [0.3, 0.4) is 0 Å². The van der Waals surface area contributed by atoms with E-state index in [1.54, 1.807) is 22.8 Å². The number of carbonyl (C=O) groups is 1. The first-order chi connectivity index (χ1) is 13.6. The van der Waals surface area contributed by atoms with E-state index in [1.807, 2.05) is 24.3 Å². The van der Waals surface area contributed by atoms with Crippen LogP contribution in [0.1, 0.15) is 5.56 Å². The molecule has 0 spiro atoms. The standard InChI is InChI=1S/C18H15N7O3/c19-17-16(23-28-24-17)18-21-12-6-2-3-7-13(12)25(18)10-15(27)22-20-9-11-5-1-4-8-14(11)26/h1-9,26H,10H2,(H2,19,24)(H,22,27). The smallest absolute Gasteiger partial charge is 0.260 e. The third kappa shape index (κ3) is 3.26. The van der Waals surface area contributed by atoms with Crippen molar-refractivity contribution in [1.82, 2.24) is 25.3 Å². The molecule has 2 heterocycles. The van der Waals surface area contributed by atoms with Gasteiger partial charge in [0.25, 0.3) is 5.91 Å². The average Bonchev–Trinajstić information content (AvgIpc) is 3.27. The summed E-state index contributed by atoms with van der Waals surface area (Å²) in [5.74, 6) is 0.109. The molecule has 10 heteroatoms. The van der Waals surface area contributed by atoms with Crippen LogP contribution in [-0.4, -0.2) is 37.1 Å². The summed E-state index contributed by atoms with van der Waals surface area (Å²) in [6.07, 6.45) is 1.36. The fourth-order valence-corrected chi connectivity index (χ4v) is 2.72. The molecule has 0 atom stereocenters. The molecule has 0 bridgehead atoms. The van der Waals surface area contributed by atoms with Crippen LogP contribution in [0.4, 0.5) is 5.82 Å². The summed E-state index contributed by atoms with van der Waals surface area (Å²) < 4.78 is 6.30. The highest BCUT2D eigenvalue weighted by Crippen LogP contribution is 2.26. The van der Waals surface area contributed by atoms with Crippen molar-refractivity contribution in [2.24, 2.45) is 5.10 Å². The molecule has 2 aromatic heterocycles. The molecule has 4 aromatic rings. The van der Waals surface area contributed by atoms with E-state index in [4.69, 9.17) is 5.73 Å². The number of amides is 1. The SMILES string of the molecule is Nc1nonc1-c1nc2ccccc2n1CC(=O)NN=Cc1ccccc1O. The van der Waals surface area contributed by atoms with Crippen LogP contribution in [0, 0.1) is 0 Å². The summed E-state index contributed by atoms with van der Waals surface area (Å²) in [7, 11) is 0. The van der Waals surface area contributed by atoms with E-state index in [0.717, 1.165) is 5.52 Å². The minimum atomic E-state index is -0.397. The molecule has 0 aliphatic heterocycles. The summed E-state index contributed by atoms with van der Waals surface area (Å²) in [5.41, 5.74) is 10.3. The molecule has 0 fully saturated rings. The van der Waals surface area contributed by atoms with Crippen LogP contribution in [0.15, 0.2) is 58.3 Å². The predicted molar refractivity (Wildman–Crippen MR) is 101 cm³/mol. The van der Waals surface area contributed by atoms with Crippen LogP contribution < -0.4 is 11.2 Å². The summed E-state index contributed by atoms with van der Waals surface area (Å²) >= 11 is 0. The Hall–Kier alpha value is -4.21. The quantitative estimate of drug-likeness (QED) is 0.353. The van der Waals surface area contributed by atoms with Crippen molar-refractivity contribution in [3.63, 3.8) is 0 Å². The number of fused-ring (bicyclic) bond motifs is 1. The highest BCUT2D eigenvalue weighted by atomic mass is 16.6. The molecule has 140 valence electrons. The minimum absolute atomic E-state index is 0.0670. The summed E-state index contributed by atoms with van der Waals surface area (Å²) in [6.45, 7) is -0.0831. The van der Waals surface area contributed by atoms with Gasteiger partial charge in [-0.05, 0) is 34.6 Å². The van der Waals surface area contributed by atoms with Gasteiger partial charge in [-0.2, -0.15) is 5.10 Å². The second kappa shape index (κ2) is 7.19. The number of benzene rings is 2.